The van der Waals surface area contributed by atoms with Crippen molar-refractivity contribution in [1.29, 1.82) is 0 Å². The molecule has 1 aromatic carbocycles. The van der Waals surface area contributed by atoms with Crippen LogP contribution in [0.1, 0.15) is 29.7 Å². The summed E-state index contributed by atoms with van der Waals surface area (Å²) in [5, 5.41) is 0.373. The van der Waals surface area contributed by atoms with Crippen LogP contribution in [0.2, 0.25) is 5.02 Å². The van der Waals surface area contributed by atoms with Crippen molar-refractivity contribution in [2.24, 2.45) is 0 Å². The Hall–Kier alpha value is -0.620. The van der Waals surface area contributed by atoms with Gasteiger partial charge in [-0.15, -0.1) is 0 Å². The second-order valence-electron chi connectivity index (χ2n) is 4.49. The maximum Gasteiger partial charge on any atom is 0.389 e. The highest BCUT2D eigenvalue weighted by molar-refractivity contribution is 9.09. The number of benzene rings is 1. The minimum absolute atomic E-state index is 0.0805. The lowest BCUT2D eigenvalue weighted by atomic mass is 10.1. The number of fused-ring (bicyclic) bond motifs is 1. The molecule has 0 N–H and O–H groups in total. The predicted molar refractivity (Wildman–Crippen MR) is 74.0 cm³/mol. The largest absolute Gasteiger partial charge is 0.490 e. The maximum atomic E-state index is 12.3. The summed E-state index contributed by atoms with van der Waals surface area (Å²) in [7, 11) is 0. The van der Waals surface area contributed by atoms with Crippen molar-refractivity contribution < 1.29 is 22.6 Å². The molecule has 1 aliphatic rings. The van der Waals surface area contributed by atoms with Crippen LogP contribution in [0.25, 0.3) is 0 Å². The molecule has 0 fully saturated rings. The molecule has 0 saturated carbocycles. The molecule has 0 bridgehead atoms. The van der Waals surface area contributed by atoms with Gasteiger partial charge in [0.2, 0.25) is 0 Å². The van der Waals surface area contributed by atoms with E-state index in [1.165, 1.54) is 0 Å². The standard InChI is InChI=1S/C13H13BrClF3O2/c14-9(2-3-13(16,17)18)8-6-11-12(7-10(8)15)20-5-1-4-19-11/h6-7,9H,1-5H2. The zero-order valence-corrected chi connectivity index (χ0v) is 12.8. The van der Waals surface area contributed by atoms with E-state index in [0.717, 1.165) is 6.42 Å². The lowest BCUT2D eigenvalue weighted by Gasteiger charge is -2.16. The second kappa shape index (κ2) is 6.43. The predicted octanol–water partition coefficient (Wildman–Crippen LogP) is 5.28. The van der Waals surface area contributed by atoms with Gasteiger partial charge < -0.3 is 9.47 Å². The Morgan fingerprint density at radius 1 is 1.20 bits per heavy atom. The molecule has 1 aromatic rings. The van der Waals surface area contributed by atoms with Gasteiger partial charge in [-0.05, 0) is 18.1 Å². The van der Waals surface area contributed by atoms with E-state index in [1.807, 2.05) is 0 Å². The summed E-state index contributed by atoms with van der Waals surface area (Å²) in [6, 6.07) is 3.25. The molecule has 0 spiro atoms. The highest BCUT2D eigenvalue weighted by Crippen LogP contribution is 2.42. The van der Waals surface area contributed by atoms with Crippen molar-refractivity contribution in [3.63, 3.8) is 0 Å². The Morgan fingerprint density at radius 3 is 2.40 bits per heavy atom. The van der Waals surface area contributed by atoms with Gasteiger partial charge >= 0.3 is 6.18 Å². The monoisotopic (exact) mass is 372 g/mol. The highest BCUT2D eigenvalue weighted by Gasteiger charge is 2.29. The fourth-order valence-electron chi connectivity index (χ4n) is 1.89. The minimum Gasteiger partial charge on any atom is -0.490 e. The number of rotatable bonds is 3. The minimum atomic E-state index is -4.18. The van der Waals surface area contributed by atoms with Crippen LogP contribution >= 0.6 is 27.5 Å². The molecule has 1 unspecified atom stereocenters. The average molecular weight is 374 g/mol. The molecule has 7 heteroatoms. The van der Waals surface area contributed by atoms with E-state index >= 15 is 0 Å². The number of hydrogen-bond donors (Lipinski definition) is 0. The molecule has 0 aliphatic carbocycles. The van der Waals surface area contributed by atoms with Crippen molar-refractivity contribution in [2.75, 3.05) is 13.2 Å². The number of hydrogen-bond acceptors (Lipinski definition) is 2. The summed E-state index contributed by atoms with van der Waals surface area (Å²) in [6.45, 7) is 1.05. The molecule has 20 heavy (non-hydrogen) atoms. The van der Waals surface area contributed by atoms with E-state index in [-0.39, 0.29) is 6.42 Å². The first kappa shape index (κ1) is 15.8. The van der Waals surface area contributed by atoms with Crippen LogP contribution in [0.4, 0.5) is 13.2 Å². The SMILES string of the molecule is FC(F)(F)CCC(Br)c1cc2c(cc1Cl)OCCCO2. The van der Waals surface area contributed by atoms with Crippen LogP contribution in [0.15, 0.2) is 12.1 Å². The first-order valence-corrected chi connectivity index (χ1v) is 7.46. The maximum absolute atomic E-state index is 12.3. The number of alkyl halides is 4. The van der Waals surface area contributed by atoms with Crippen LogP contribution in [0.3, 0.4) is 0 Å². The Morgan fingerprint density at radius 2 is 1.80 bits per heavy atom. The summed E-state index contributed by atoms with van der Waals surface area (Å²) >= 11 is 9.37. The van der Waals surface area contributed by atoms with Gasteiger partial charge in [-0.3, -0.25) is 0 Å². The Bertz CT molecular complexity index is 479. The van der Waals surface area contributed by atoms with Crippen LogP contribution in [-0.4, -0.2) is 19.4 Å². The summed E-state index contributed by atoms with van der Waals surface area (Å²) in [5.41, 5.74) is 0.583. The van der Waals surface area contributed by atoms with Gasteiger partial charge in [-0.25, -0.2) is 0 Å². The first-order valence-electron chi connectivity index (χ1n) is 6.16. The van der Waals surface area contributed by atoms with Crippen molar-refractivity contribution in [3.8, 4) is 11.5 Å². The van der Waals surface area contributed by atoms with E-state index < -0.39 is 17.4 Å². The van der Waals surface area contributed by atoms with Gasteiger partial charge in [0.25, 0.3) is 0 Å². The fourth-order valence-corrected chi connectivity index (χ4v) is 2.91. The Kier molecular flexibility index (Phi) is 5.07. The molecule has 0 aromatic heterocycles. The summed E-state index contributed by atoms with van der Waals surface area (Å²) < 4.78 is 47.8. The van der Waals surface area contributed by atoms with Gasteiger partial charge in [0.15, 0.2) is 11.5 Å². The molecule has 1 atom stereocenters. The van der Waals surface area contributed by atoms with Crippen molar-refractivity contribution in [2.45, 2.75) is 30.3 Å². The summed E-state index contributed by atoms with van der Waals surface area (Å²) in [5.74, 6) is 1.06. The summed E-state index contributed by atoms with van der Waals surface area (Å²) in [6.07, 6.45) is -4.37. The molecular weight excluding hydrogens is 360 g/mol. The van der Waals surface area contributed by atoms with E-state index in [9.17, 15) is 13.2 Å². The van der Waals surface area contributed by atoms with Crippen LogP contribution < -0.4 is 9.47 Å². The number of ether oxygens (including phenoxy) is 2. The van der Waals surface area contributed by atoms with E-state index in [4.69, 9.17) is 21.1 Å². The van der Waals surface area contributed by atoms with Crippen molar-refractivity contribution in [1.82, 2.24) is 0 Å². The number of halogens is 5. The van der Waals surface area contributed by atoms with Gasteiger partial charge in [-0.1, -0.05) is 27.5 Å². The lowest BCUT2D eigenvalue weighted by molar-refractivity contribution is -0.135. The molecule has 1 heterocycles. The first-order chi connectivity index (χ1) is 9.37. The molecule has 112 valence electrons. The van der Waals surface area contributed by atoms with E-state index in [1.54, 1.807) is 12.1 Å². The van der Waals surface area contributed by atoms with Crippen LogP contribution in [-0.2, 0) is 0 Å². The third-order valence-electron chi connectivity index (χ3n) is 2.89. The van der Waals surface area contributed by atoms with Gasteiger partial charge in [-0.2, -0.15) is 13.2 Å². The third kappa shape index (κ3) is 4.19. The molecule has 2 nitrogen and oxygen atoms in total. The Balaban J connectivity index is 2.17. The van der Waals surface area contributed by atoms with Gasteiger partial charge in [0.05, 0.1) is 13.2 Å². The third-order valence-corrected chi connectivity index (χ3v) is 4.16. The topological polar surface area (TPSA) is 18.5 Å². The zero-order chi connectivity index (χ0) is 14.8. The molecule has 0 radical (unpaired) electrons. The molecule has 0 saturated heterocycles. The van der Waals surface area contributed by atoms with E-state index in [2.05, 4.69) is 15.9 Å². The normalized spacial score (nSPS) is 16.6. The zero-order valence-electron chi connectivity index (χ0n) is 10.5. The quantitative estimate of drug-likeness (QED) is 0.671. The van der Waals surface area contributed by atoms with E-state index in [0.29, 0.717) is 35.3 Å². The highest BCUT2D eigenvalue weighted by atomic mass is 79.9. The van der Waals surface area contributed by atoms with Crippen molar-refractivity contribution >= 4 is 27.5 Å². The molecular formula is C13H13BrClF3O2. The average Bonchev–Trinajstić information content (AvgIpc) is 2.58. The molecule has 2 rings (SSSR count). The fraction of sp³-hybridized carbons (Fsp3) is 0.538. The summed E-state index contributed by atoms with van der Waals surface area (Å²) in [4.78, 5) is -0.478. The second-order valence-corrected chi connectivity index (χ2v) is 6.00. The van der Waals surface area contributed by atoms with Crippen LogP contribution in [0, 0.1) is 0 Å². The Labute approximate surface area is 128 Å². The molecule has 0 amide bonds. The van der Waals surface area contributed by atoms with Gasteiger partial charge in [0, 0.05) is 28.8 Å². The smallest absolute Gasteiger partial charge is 0.389 e. The molecule has 1 aliphatic heterocycles. The van der Waals surface area contributed by atoms with Gasteiger partial charge in [0.1, 0.15) is 0 Å². The lowest BCUT2D eigenvalue weighted by Crippen LogP contribution is -2.08. The van der Waals surface area contributed by atoms with Crippen LogP contribution in [0.5, 0.6) is 11.5 Å². The van der Waals surface area contributed by atoms with Crippen molar-refractivity contribution in [3.05, 3.63) is 22.7 Å².